The molecule has 0 unspecified atom stereocenters. The number of ether oxygens (including phenoxy) is 1. The number of likely N-dealkylation sites (tertiary alicyclic amines) is 1. The first-order chi connectivity index (χ1) is 9.56. The second kappa shape index (κ2) is 6.75. The fourth-order valence-electron chi connectivity index (χ4n) is 2.44. The monoisotopic (exact) mass is 276 g/mol. The molecule has 4 heteroatoms. The van der Waals surface area contributed by atoms with Crippen LogP contribution in [-0.2, 0) is 11.2 Å². The van der Waals surface area contributed by atoms with Gasteiger partial charge < -0.3 is 15.4 Å². The number of nitrogens with zero attached hydrogens (tertiary/aromatic N) is 1. The molecule has 2 N–H and O–H groups in total. The van der Waals surface area contributed by atoms with Crippen molar-refractivity contribution in [2.24, 2.45) is 5.73 Å². The maximum Gasteiger partial charge on any atom is 0.227 e. The maximum absolute atomic E-state index is 12.3. The predicted molar refractivity (Wildman–Crippen MR) is 79.7 cm³/mol. The van der Waals surface area contributed by atoms with Crippen LogP contribution in [0.3, 0.4) is 0 Å². The van der Waals surface area contributed by atoms with Crippen molar-refractivity contribution in [3.63, 3.8) is 0 Å². The fourth-order valence-corrected chi connectivity index (χ4v) is 2.44. The second-order valence-corrected chi connectivity index (χ2v) is 5.67. The number of hydrogen-bond acceptors (Lipinski definition) is 3. The van der Waals surface area contributed by atoms with Gasteiger partial charge in [-0.3, -0.25) is 4.79 Å². The fraction of sp³-hybridized carbons (Fsp3) is 0.562. The molecule has 0 bridgehead atoms. The normalized spacial score (nSPS) is 16.5. The number of hydrogen-bond donors (Lipinski definition) is 1. The van der Waals surface area contributed by atoms with E-state index in [0.717, 1.165) is 37.2 Å². The largest absolute Gasteiger partial charge is 0.491 e. The minimum Gasteiger partial charge on any atom is -0.491 e. The highest BCUT2D eigenvalue weighted by Crippen LogP contribution is 2.21. The molecule has 0 aromatic heterocycles. The van der Waals surface area contributed by atoms with Gasteiger partial charge in [-0.2, -0.15) is 0 Å². The van der Waals surface area contributed by atoms with E-state index < -0.39 is 0 Å². The van der Waals surface area contributed by atoms with Crippen LogP contribution in [0.1, 0.15) is 32.3 Å². The van der Waals surface area contributed by atoms with Gasteiger partial charge in [0.1, 0.15) is 5.75 Å². The van der Waals surface area contributed by atoms with Gasteiger partial charge in [0.05, 0.1) is 12.5 Å². The highest BCUT2D eigenvalue weighted by molar-refractivity contribution is 5.79. The molecule has 1 amide bonds. The Morgan fingerprint density at radius 1 is 1.35 bits per heavy atom. The molecule has 1 saturated heterocycles. The Morgan fingerprint density at radius 2 is 2.00 bits per heavy atom. The first-order valence-corrected chi connectivity index (χ1v) is 7.34. The van der Waals surface area contributed by atoms with Crippen molar-refractivity contribution < 1.29 is 9.53 Å². The van der Waals surface area contributed by atoms with E-state index in [-0.39, 0.29) is 18.1 Å². The van der Waals surface area contributed by atoms with Crippen LogP contribution in [0.5, 0.6) is 5.75 Å². The van der Waals surface area contributed by atoms with E-state index in [1.807, 2.05) is 43.0 Å². The molecule has 0 radical (unpaired) electrons. The lowest BCUT2D eigenvalue weighted by Gasteiger charge is -2.30. The van der Waals surface area contributed by atoms with Crippen LogP contribution >= 0.6 is 0 Å². The van der Waals surface area contributed by atoms with Gasteiger partial charge in [-0.25, -0.2) is 0 Å². The lowest BCUT2D eigenvalue weighted by molar-refractivity contribution is -0.131. The van der Waals surface area contributed by atoms with Crippen LogP contribution in [0.15, 0.2) is 24.3 Å². The first kappa shape index (κ1) is 14.9. The first-order valence-electron chi connectivity index (χ1n) is 7.34. The minimum absolute atomic E-state index is 0.110. The van der Waals surface area contributed by atoms with E-state index in [2.05, 4.69) is 0 Å². The Balaban J connectivity index is 2.00. The predicted octanol–water partition coefficient (Wildman–Crippen LogP) is 1.97. The summed E-state index contributed by atoms with van der Waals surface area (Å²) in [6, 6.07) is 8.02. The van der Waals surface area contributed by atoms with Crippen molar-refractivity contribution in [3.8, 4) is 5.75 Å². The lowest BCUT2D eigenvalue weighted by atomic mass is 10.0. The molecular weight excluding hydrogens is 252 g/mol. The van der Waals surface area contributed by atoms with E-state index in [9.17, 15) is 4.79 Å². The molecule has 20 heavy (non-hydrogen) atoms. The molecule has 1 aromatic rings. The molecule has 4 nitrogen and oxygen atoms in total. The van der Waals surface area contributed by atoms with Crippen molar-refractivity contribution in [3.05, 3.63) is 29.8 Å². The Hall–Kier alpha value is -1.55. The van der Waals surface area contributed by atoms with Gasteiger partial charge in [0.2, 0.25) is 5.91 Å². The van der Waals surface area contributed by atoms with Gasteiger partial charge in [0.25, 0.3) is 0 Å². The summed E-state index contributed by atoms with van der Waals surface area (Å²) in [7, 11) is 0. The molecule has 2 rings (SSSR count). The van der Waals surface area contributed by atoms with Crippen LogP contribution in [0.2, 0.25) is 0 Å². The Labute approximate surface area is 120 Å². The van der Waals surface area contributed by atoms with Crippen molar-refractivity contribution in [2.45, 2.75) is 45.3 Å². The van der Waals surface area contributed by atoms with Gasteiger partial charge in [-0.15, -0.1) is 0 Å². The molecule has 0 aliphatic carbocycles. The van der Waals surface area contributed by atoms with Crippen molar-refractivity contribution >= 4 is 5.91 Å². The topological polar surface area (TPSA) is 55.6 Å². The van der Waals surface area contributed by atoms with Crippen LogP contribution in [0, 0.1) is 0 Å². The van der Waals surface area contributed by atoms with Gasteiger partial charge in [0.15, 0.2) is 0 Å². The Kier molecular flexibility index (Phi) is 5.01. The van der Waals surface area contributed by atoms with Crippen LogP contribution in [-0.4, -0.2) is 36.0 Å². The zero-order valence-electron chi connectivity index (χ0n) is 12.3. The molecule has 0 spiro atoms. The van der Waals surface area contributed by atoms with Crippen molar-refractivity contribution in [1.29, 1.82) is 0 Å². The highest BCUT2D eigenvalue weighted by Gasteiger charge is 2.21. The zero-order chi connectivity index (χ0) is 14.5. The van der Waals surface area contributed by atoms with Gasteiger partial charge in [-0.05, 0) is 32.8 Å². The standard InChI is InChI=1S/C16H24N2O2/c1-12(2)20-15-6-4-3-5-13(15)11-16(19)18-9-7-14(17)8-10-18/h3-6,12,14H,7-11,17H2,1-2H3. The number of rotatable bonds is 4. The molecule has 110 valence electrons. The Bertz CT molecular complexity index is 452. The van der Waals surface area contributed by atoms with Crippen LogP contribution in [0.25, 0.3) is 0 Å². The van der Waals surface area contributed by atoms with Crippen LogP contribution in [0.4, 0.5) is 0 Å². The minimum atomic E-state index is 0.110. The van der Waals surface area contributed by atoms with E-state index in [4.69, 9.17) is 10.5 Å². The summed E-state index contributed by atoms with van der Waals surface area (Å²) < 4.78 is 5.76. The molecular formula is C16H24N2O2. The van der Waals surface area contributed by atoms with Crippen LogP contribution < -0.4 is 10.5 Å². The second-order valence-electron chi connectivity index (χ2n) is 5.67. The molecule has 1 aromatic carbocycles. The summed E-state index contributed by atoms with van der Waals surface area (Å²) in [6.45, 7) is 5.52. The zero-order valence-corrected chi connectivity index (χ0v) is 12.3. The van der Waals surface area contributed by atoms with Crippen molar-refractivity contribution in [1.82, 2.24) is 4.90 Å². The molecule has 0 saturated carbocycles. The van der Waals surface area contributed by atoms with Gasteiger partial charge in [0, 0.05) is 24.7 Å². The van der Waals surface area contributed by atoms with E-state index >= 15 is 0 Å². The van der Waals surface area contributed by atoms with Gasteiger partial charge in [-0.1, -0.05) is 18.2 Å². The molecule has 1 fully saturated rings. The number of amides is 1. The van der Waals surface area contributed by atoms with E-state index in [0.29, 0.717) is 6.42 Å². The summed E-state index contributed by atoms with van der Waals surface area (Å²) in [5.74, 6) is 0.973. The smallest absolute Gasteiger partial charge is 0.227 e. The molecule has 0 atom stereocenters. The summed E-state index contributed by atoms with van der Waals surface area (Å²) in [5.41, 5.74) is 6.83. The lowest BCUT2D eigenvalue weighted by Crippen LogP contribution is -2.43. The molecule has 1 aliphatic rings. The van der Waals surface area contributed by atoms with E-state index in [1.54, 1.807) is 0 Å². The third kappa shape index (κ3) is 3.97. The highest BCUT2D eigenvalue weighted by atomic mass is 16.5. The Morgan fingerprint density at radius 3 is 2.65 bits per heavy atom. The maximum atomic E-state index is 12.3. The summed E-state index contributed by atoms with van der Waals surface area (Å²) in [5, 5.41) is 0. The number of nitrogens with two attached hydrogens (primary N) is 1. The summed E-state index contributed by atoms with van der Waals surface area (Å²) >= 11 is 0. The van der Waals surface area contributed by atoms with E-state index in [1.165, 1.54) is 0 Å². The average molecular weight is 276 g/mol. The van der Waals surface area contributed by atoms with Gasteiger partial charge >= 0.3 is 0 Å². The quantitative estimate of drug-likeness (QED) is 0.914. The molecule has 1 aliphatic heterocycles. The SMILES string of the molecule is CC(C)Oc1ccccc1CC(=O)N1CCC(N)CC1. The number of carbonyl (C=O) groups excluding carboxylic acids is 1. The summed E-state index contributed by atoms with van der Waals surface area (Å²) in [4.78, 5) is 14.3. The average Bonchev–Trinajstić information content (AvgIpc) is 2.41. The van der Waals surface area contributed by atoms with Crippen molar-refractivity contribution in [2.75, 3.05) is 13.1 Å². The molecule has 1 heterocycles. The number of benzene rings is 1. The number of carbonyl (C=O) groups is 1. The number of para-hydroxylation sites is 1. The summed E-state index contributed by atoms with van der Waals surface area (Å²) in [6.07, 6.45) is 2.31. The number of piperidine rings is 1. The third-order valence-electron chi connectivity index (χ3n) is 3.57. The third-order valence-corrected chi connectivity index (χ3v) is 3.57.